The first-order chi connectivity index (χ1) is 20.9. The Kier molecular flexibility index (Phi) is 7.93. The van der Waals surface area contributed by atoms with Crippen molar-refractivity contribution in [3.05, 3.63) is 100.0 Å². The number of hydrogen-bond acceptors (Lipinski definition) is 6. The highest BCUT2D eigenvalue weighted by atomic mass is 16.5. The fourth-order valence-electron chi connectivity index (χ4n) is 5.54. The molecule has 1 saturated heterocycles. The predicted octanol–water partition coefficient (Wildman–Crippen LogP) is 4.82. The summed E-state index contributed by atoms with van der Waals surface area (Å²) in [6.07, 6.45) is 3.27. The monoisotopic (exact) mass is 578 g/mol. The lowest BCUT2D eigenvalue weighted by Gasteiger charge is -2.26. The Morgan fingerprint density at radius 1 is 0.953 bits per heavy atom. The second kappa shape index (κ2) is 12.1. The van der Waals surface area contributed by atoms with E-state index in [9.17, 15) is 14.4 Å². The molecule has 0 radical (unpaired) electrons. The number of anilines is 4. The van der Waals surface area contributed by atoms with Gasteiger partial charge in [0.25, 0.3) is 11.5 Å². The van der Waals surface area contributed by atoms with Gasteiger partial charge in [0.1, 0.15) is 0 Å². The number of fused-ring (bicyclic) bond motifs is 1. The van der Waals surface area contributed by atoms with Crippen LogP contribution in [0.5, 0.6) is 0 Å². The Bertz CT molecular complexity index is 1730. The molecule has 0 aliphatic carbocycles. The molecule has 2 aliphatic rings. The zero-order valence-corrected chi connectivity index (χ0v) is 24.3. The van der Waals surface area contributed by atoms with E-state index in [0.29, 0.717) is 56.2 Å². The van der Waals surface area contributed by atoms with E-state index in [-0.39, 0.29) is 23.3 Å². The van der Waals surface area contributed by atoms with Gasteiger partial charge in [-0.15, -0.1) is 0 Å². The number of aromatic nitrogens is 2. The normalized spacial score (nSPS) is 14.4. The van der Waals surface area contributed by atoms with E-state index in [2.05, 4.69) is 17.6 Å². The number of rotatable bonds is 6. The molecule has 2 aliphatic heterocycles. The molecule has 3 amide bonds. The van der Waals surface area contributed by atoms with Crippen LogP contribution in [0.3, 0.4) is 0 Å². The molecule has 0 saturated carbocycles. The van der Waals surface area contributed by atoms with E-state index in [0.717, 1.165) is 34.5 Å². The molecule has 3 aromatic carbocycles. The summed E-state index contributed by atoms with van der Waals surface area (Å²) in [7, 11) is 1.69. The minimum atomic E-state index is -0.278. The number of carbonyl (C=O) groups is 2. The van der Waals surface area contributed by atoms with Crippen LogP contribution >= 0.6 is 0 Å². The molecule has 0 atom stereocenters. The summed E-state index contributed by atoms with van der Waals surface area (Å²) in [5.74, 6) is 0.134. The number of morpholine rings is 1. The van der Waals surface area contributed by atoms with Crippen LogP contribution in [-0.2, 0) is 24.6 Å². The van der Waals surface area contributed by atoms with Crippen molar-refractivity contribution in [1.29, 1.82) is 0 Å². The molecule has 6 rings (SSSR count). The largest absolute Gasteiger partial charge is 0.378 e. The van der Waals surface area contributed by atoms with Crippen LogP contribution in [0.1, 0.15) is 28.4 Å². The minimum absolute atomic E-state index is 0.0407. The molecule has 1 aromatic heterocycles. The van der Waals surface area contributed by atoms with Crippen molar-refractivity contribution in [2.24, 2.45) is 7.05 Å². The lowest BCUT2D eigenvalue weighted by atomic mass is 10.0. The molecular weight excluding hydrogens is 544 g/mol. The van der Waals surface area contributed by atoms with Gasteiger partial charge < -0.3 is 24.8 Å². The van der Waals surface area contributed by atoms with Crippen molar-refractivity contribution in [3.8, 4) is 11.3 Å². The summed E-state index contributed by atoms with van der Waals surface area (Å²) >= 11 is 0. The second-order valence-corrected chi connectivity index (χ2v) is 10.7. The summed E-state index contributed by atoms with van der Waals surface area (Å²) in [6.45, 7) is 4.85. The Hall–Kier alpha value is -4.96. The smallest absolute Gasteiger partial charge is 0.326 e. The van der Waals surface area contributed by atoms with Crippen molar-refractivity contribution in [3.63, 3.8) is 0 Å². The number of ether oxygens (including phenoxy) is 1. The van der Waals surface area contributed by atoms with Gasteiger partial charge in [0.15, 0.2) is 5.82 Å². The number of aryl methyl sites for hydroxylation is 2. The predicted molar refractivity (Wildman–Crippen MR) is 167 cm³/mol. The number of amides is 3. The average Bonchev–Trinajstić information content (AvgIpc) is 3.48. The van der Waals surface area contributed by atoms with E-state index in [4.69, 9.17) is 9.72 Å². The van der Waals surface area contributed by atoms with Crippen molar-refractivity contribution in [2.75, 3.05) is 48.4 Å². The third-order valence-electron chi connectivity index (χ3n) is 7.90. The number of nitrogens with one attached hydrogen (secondary N) is 2. The highest BCUT2D eigenvalue weighted by Gasteiger charge is 2.28. The lowest BCUT2D eigenvalue weighted by molar-refractivity contribution is 0.0303. The maximum atomic E-state index is 13.3. The molecule has 43 heavy (non-hydrogen) atoms. The highest BCUT2D eigenvalue weighted by molar-refractivity contribution is 6.04. The van der Waals surface area contributed by atoms with Gasteiger partial charge in [-0.05, 0) is 66.4 Å². The molecule has 10 nitrogen and oxygen atoms in total. The number of benzene rings is 3. The fraction of sp³-hybridized carbons (Fsp3) is 0.273. The summed E-state index contributed by atoms with van der Waals surface area (Å²) in [4.78, 5) is 47.3. The molecule has 10 heteroatoms. The third kappa shape index (κ3) is 5.87. The molecule has 4 aromatic rings. The molecule has 0 bridgehead atoms. The topological polar surface area (TPSA) is 109 Å². The minimum Gasteiger partial charge on any atom is -0.378 e. The molecule has 0 spiro atoms. The zero-order valence-electron chi connectivity index (χ0n) is 24.3. The number of nitrogens with zero attached hydrogens (tertiary/aromatic N) is 4. The van der Waals surface area contributed by atoms with E-state index < -0.39 is 0 Å². The van der Waals surface area contributed by atoms with E-state index in [1.54, 1.807) is 47.3 Å². The first-order valence-electron chi connectivity index (χ1n) is 14.5. The van der Waals surface area contributed by atoms with Gasteiger partial charge in [0, 0.05) is 61.1 Å². The van der Waals surface area contributed by atoms with Gasteiger partial charge in [0.2, 0.25) is 0 Å². The van der Waals surface area contributed by atoms with Gasteiger partial charge in [-0.25, -0.2) is 9.78 Å². The standard InChI is InChI=1S/C33H34N6O4/c1-3-22-6-4-7-25(20-22)35-33(42)39-15-14-27-26(8-5-9-29(27)39)28-21-37(2)32(41)30(36-28)34-24-12-10-23(11-13-24)31(40)38-16-18-43-19-17-38/h4-13,20-21H,3,14-19H2,1-2H3,(H,34,36)(H,35,42). The summed E-state index contributed by atoms with van der Waals surface area (Å²) in [5, 5.41) is 6.16. The van der Waals surface area contributed by atoms with Crippen molar-refractivity contribution in [2.45, 2.75) is 19.8 Å². The van der Waals surface area contributed by atoms with Crippen molar-refractivity contribution in [1.82, 2.24) is 14.5 Å². The molecule has 220 valence electrons. The van der Waals surface area contributed by atoms with Crippen LogP contribution in [0.2, 0.25) is 0 Å². The summed E-state index contributed by atoms with van der Waals surface area (Å²) < 4.78 is 6.84. The summed E-state index contributed by atoms with van der Waals surface area (Å²) in [6, 6.07) is 20.5. The first kappa shape index (κ1) is 28.2. The van der Waals surface area contributed by atoms with E-state index in [1.807, 2.05) is 42.5 Å². The van der Waals surface area contributed by atoms with Crippen molar-refractivity contribution < 1.29 is 14.3 Å². The third-order valence-corrected chi connectivity index (χ3v) is 7.90. The van der Waals surface area contributed by atoms with Crippen LogP contribution < -0.4 is 21.1 Å². The maximum Gasteiger partial charge on any atom is 0.326 e. The van der Waals surface area contributed by atoms with Crippen LogP contribution in [0.15, 0.2) is 77.7 Å². The molecule has 3 heterocycles. The molecular formula is C33H34N6O4. The van der Waals surface area contributed by atoms with E-state index >= 15 is 0 Å². The van der Waals surface area contributed by atoms with Crippen LogP contribution in [-0.4, -0.2) is 59.2 Å². The van der Waals surface area contributed by atoms with E-state index in [1.165, 1.54) is 4.57 Å². The average molecular weight is 579 g/mol. The van der Waals surface area contributed by atoms with Gasteiger partial charge in [-0.1, -0.05) is 31.2 Å². The fourth-order valence-corrected chi connectivity index (χ4v) is 5.54. The van der Waals surface area contributed by atoms with Crippen LogP contribution in [0, 0.1) is 0 Å². The Balaban J connectivity index is 1.23. The quantitative estimate of drug-likeness (QED) is 0.340. The van der Waals surface area contributed by atoms with Crippen LogP contribution in [0.25, 0.3) is 11.3 Å². The zero-order chi connectivity index (χ0) is 29.9. The highest BCUT2D eigenvalue weighted by Crippen LogP contribution is 2.36. The first-order valence-corrected chi connectivity index (χ1v) is 14.5. The van der Waals surface area contributed by atoms with Gasteiger partial charge in [0.05, 0.1) is 18.9 Å². The SMILES string of the molecule is CCc1cccc(NC(=O)N2CCc3c(-c4cn(C)c(=O)c(Nc5ccc(C(=O)N6CCOCC6)cc5)n4)cccc32)c1. The lowest BCUT2D eigenvalue weighted by Crippen LogP contribution is -2.40. The summed E-state index contributed by atoms with van der Waals surface area (Å²) in [5.41, 5.74) is 6.19. The molecule has 1 fully saturated rings. The second-order valence-electron chi connectivity index (χ2n) is 10.7. The Morgan fingerprint density at radius 3 is 2.49 bits per heavy atom. The number of hydrogen-bond donors (Lipinski definition) is 2. The maximum absolute atomic E-state index is 13.3. The number of carbonyl (C=O) groups excluding carboxylic acids is 2. The van der Waals surface area contributed by atoms with Gasteiger partial charge >= 0.3 is 6.03 Å². The van der Waals surface area contributed by atoms with Crippen molar-refractivity contribution >= 4 is 34.8 Å². The Labute approximate surface area is 249 Å². The Morgan fingerprint density at radius 2 is 1.72 bits per heavy atom. The van der Waals surface area contributed by atoms with Crippen LogP contribution in [0.4, 0.5) is 27.7 Å². The molecule has 0 unspecified atom stereocenters. The number of urea groups is 1. The molecule has 2 N–H and O–H groups in total. The van der Waals surface area contributed by atoms with Gasteiger partial charge in [-0.3, -0.25) is 14.5 Å². The van der Waals surface area contributed by atoms with Gasteiger partial charge in [-0.2, -0.15) is 0 Å².